The smallest absolute Gasteiger partial charge is 0.230 e. The van der Waals surface area contributed by atoms with E-state index in [1.807, 2.05) is 54.3 Å². The van der Waals surface area contributed by atoms with Gasteiger partial charge in [0.2, 0.25) is 5.91 Å². The highest BCUT2D eigenvalue weighted by atomic mass is 16.5. The summed E-state index contributed by atoms with van der Waals surface area (Å²) in [5.74, 6) is 2.46. The van der Waals surface area contributed by atoms with Crippen LogP contribution in [0.4, 0.5) is 0 Å². The average molecular weight is 566 g/mol. The van der Waals surface area contributed by atoms with Crippen LogP contribution in [0.5, 0.6) is 11.5 Å². The molecule has 0 bridgehead atoms. The molecule has 6 atom stereocenters. The molecule has 0 spiro atoms. The Bertz CT molecular complexity index is 1100. The minimum absolute atomic E-state index is 0.0431. The summed E-state index contributed by atoms with van der Waals surface area (Å²) in [6.07, 6.45) is 0.414. The highest BCUT2D eigenvalue weighted by molar-refractivity contribution is 5.80. The number of carbonyl (C=O) groups is 1. The van der Waals surface area contributed by atoms with Crippen LogP contribution in [0.15, 0.2) is 54.6 Å². The lowest BCUT2D eigenvalue weighted by Gasteiger charge is -2.47. The van der Waals surface area contributed by atoms with Crippen LogP contribution >= 0.6 is 0 Å². The first-order valence-corrected chi connectivity index (χ1v) is 15.1. The van der Waals surface area contributed by atoms with Gasteiger partial charge in [0.05, 0.1) is 24.7 Å². The maximum absolute atomic E-state index is 13.9. The minimum Gasteiger partial charge on any atom is -0.457 e. The monoisotopic (exact) mass is 565 g/mol. The molecule has 3 unspecified atom stereocenters. The molecule has 0 aromatic heterocycles. The fourth-order valence-electron chi connectivity index (χ4n) is 6.43. The molecule has 5 rings (SSSR count). The molecule has 0 aliphatic carbocycles. The van der Waals surface area contributed by atoms with Crippen molar-refractivity contribution >= 4 is 5.91 Å². The van der Waals surface area contributed by atoms with E-state index in [4.69, 9.17) is 9.47 Å². The van der Waals surface area contributed by atoms with Crippen molar-refractivity contribution in [3.63, 3.8) is 0 Å². The van der Waals surface area contributed by atoms with Gasteiger partial charge in [0, 0.05) is 51.9 Å². The normalized spacial score (nSPS) is 28.6. The summed E-state index contributed by atoms with van der Waals surface area (Å²) in [7, 11) is 2.12. The Hall–Kier alpha value is -2.53. The second-order valence-electron chi connectivity index (χ2n) is 12.2. The topological polar surface area (TPSA) is 98.3 Å². The van der Waals surface area contributed by atoms with Crippen molar-refractivity contribution in [1.29, 1.82) is 0 Å². The maximum Gasteiger partial charge on any atom is 0.230 e. The van der Waals surface area contributed by atoms with Crippen molar-refractivity contribution in [2.75, 3.05) is 53.0 Å². The SMILES string of the molecule is C[C@@H]1CN([C@@H](C)CO)C(=O)C2CC(C3CNCNC3)CNC2O[C@H]1CN(C)Cc1ccc(Oc2ccccc2)cc1. The molecule has 224 valence electrons. The third-order valence-electron chi connectivity index (χ3n) is 8.92. The largest absolute Gasteiger partial charge is 0.457 e. The molecule has 4 N–H and O–H groups in total. The molecule has 3 saturated heterocycles. The Morgan fingerprint density at radius 2 is 1.76 bits per heavy atom. The summed E-state index contributed by atoms with van der Waals surface area (Å²) >= 11 is 0. The molecule has 9 heteroatoms. The summed E-state index contributed by atoms with van der Waals surface area (Å²) < 4.78 is 12.7. The lowest BCUT2D eigenvalue weighted by molar-refractivity contribution is -0.168. The number of fused-ring (bicyclic) bond motifs is 1. The molecule has 3 fully saturated rings. The molecule has 3 aliphatic heterocycles. The second kappa shape index (κ2) is 14.1. The molecule has 3 heterocycles. The number of likely N-dealkylation sites (N-methyl/N-ethyl adjacent to an activating group) is 1. The molecule has 1 amide bonds. The number of para-hydroxylation sites is 1. The van der Waals surface area contributed by atoms with E-state index in [0.29, 0.717) is 18.4 Å². The Balaban J connectivity index is 1.24. The van der Waals surface area contributed by atoms with Crippen LogP contribution in [-0.2, 0) is 16.1 Å². The predicted molar refractivity (Wildman–Crippen MR) is 159 cm³/mol. The van der Waals surface area contributed by atoms with Crippen LogP contribution in [0.2, 0.25) is 0 Å². The molecule has 0 saturated carbocycles. The number of hydrogen-bond donors (Lipinski definition) is 4. The van der Waals surface area contributed by atoms with Gasteiger partial charge in [0.1, 0.15) is 17.7 Å². The highest BCUT2D eigenvalue weighted by Gasteiger charge is 2.45. The van der Waals surface area contributed by atoms with Gasteiger partial charge >= 0.3 is 0 Å². The van der Waals surface area contributed by atoms with Crippen LogP contribution in [-0.4, -0.2) is 92.2 Å². The second-order valence-corrected chi connectivity index (χ2v) is 12.2. The third kappa shape index (κ3) is 7.66. The van der Waals surface area contributed by atoms with E-state index in [0.717, 1.165) is 57.3 Å². The average Bonchev–Trinajstić information content (AvgIpc) is 3.00. The van der Waals surface area contributed by atoms with E-state index in [1.165, 1.54) is 5.56 Å². The molecular formula is C32H47N5O4. The molecule has 3 aliphatic rings. The van der Waals surface area contributed by atoms with Crippen LogP contribution in [0, 0.1) is 23.7 Å². The van der Waals surface area contributed by atoms with Crippen molar-refractivity contribution in [3.05, 3.63) is 60.2 Å². The summed E-state index contributed by atoms with van der Waals surface area (Å²) in [5.41, 5.74) is 1.20. The number of benzene rings is 2. The van der Waals surface area contributed by atoms with E-state index < -0.39 is 0 Å². The van der Waals surface area contributed by atoms with Crippen molar-refractivity contribution < 1.29 is 19.4 Å². The first-order valence-electron chi connectivity index (χ1n) is 15.1. The minimum atomic E-state index is -0.327. The molecule has 0 radical (unpaired) electrons. The number of nitrogens with one attached hydrogen (secondary N) is 3. The number of hydrogen-bond acceptors (Lipinski definition) is 8. The van der Waals surface area contributed by atoms with Gasteiger partial charge in [-0.1, -0.05) is 37.3 Å². The predicted octanol–water partition coefficient (Wildman–Crippen LogP) is 2.47. The third-order valence-corrected chi connectivity index (χ3v) is 8.92. The first-order chi connectivity index (χ1) is 19.9. The number of nitrogens with zero attached hydrogens (tertiary/aromatic N) is 2. The Labute approximate surface area is 244 Å². The fourth-order valence-corrected chi connectivity index (χ4v) is 6.43. The summed E-state index contributed by atoms with van der Waals surface area (Å²) in [5, 5.41) is 20.5. The first kappa shape index (κ1) is 29.9. The summed E-state index contributed by atoms with van der Waals surface area (Å²) in [6.45, 7) is 9.75. The zero-order chi connectivity index (χ0) is 28.8. The zero-order valence-electron chi connectivity index (χ0n) is 24.7. The van der Waals surface area contributed by atoms with E-state index >= 15 is 0 Å². The quantitative estimate of drug-likeness (QED) is 0.368. The van der Waals surface area contributed by atoms with E-state index in [9.17, 15) is 9.90 Å². The molecule has 2 aromatic rings. The lowest BCUT2D eigenvalue weighted by atomic mass is 9.79. The van der Waals surface area contributed by atoms with Gasteiger partial charge in [-0.05, 0) is 62.1 Å². The van der Waals surface area contributed by atoms with Crippen LogP contribution < -0.4 is 20.7 Å². The fraction of sp³-hybridized carbons (Fsp3) is 0.594. The summed E-state index contributed by atoms with van der Waals surface area (Å²) in [6, 6.07) is 17.8. The molecule has 41 heavy (non-hydrogen) atoms. The van der Waals surface area contributed by atoms with E-state index in [2.05, 4.69) is 47.0 Å². The van der Waals surface area contributed by atoms with Gasteiger partial charge in [-0.25, -0.2) is 0 Å². The van der Waals surface area contributed by atoms with E-state index in [1.54, 1.807) is 0 Å². The van der Waals surface area contributed by atoms with E-state index in [-0.39, 0.29) is 42.7 Å². The molecule has 9 nitrogen and oxygen atoms in total. The Morgan fingerprint density at radius 3 is 2.46 bits per heavy atom. The number of rotatable bonds is 9. The van der Waals surface area contributed by atoms with Gasteiger partial charge in [-0.2, -0.15) is 0 Å². The number of aliphatic hydroxyl groups excluding tert-OH is 1. The highest BCUT2D eigenvalue weighted by Crippen LogP contribution is 2.33. The number of ether oxygens (including phenoxy) is 2. The number of carbonyl (C=O) groups excluding carboxylic acids is 1. The van der Waals surface area contributed by atoms with Gasteiger partial charge in [0.15, 0.2) is 0 Å². The van der Waals surface area contributed by atoms with Crippen molar-refractivity contribution in [2.45, 2.75) is 45.2 Å². The van der Waals surface area contributed by atoms with Gasteiger partial charge in [0.25, 0.3) is 0 Å². The van der Waals surface area contributed by atoms with Crippen LogP contribution in [0.1, 0.15) is 25.8 Å². The Morgan fingerprint density at radius 1 is 1.05 bits per heavy atom. The lowest BCUT2D eigenvalue weighted by Crippen LogP contribution is -2.62. The van der Waals surface area contributed by atoms with Gasteiger partial charge < -0.3 is 30.1 Å². The van der Waals surface area contributed by atoms with Crippen molar-refractivity contribution in [1.82, 2.24) is 25.8 Å². The van der Waals surface area contributed by atoms with Crippen LogP contribution in [0.3, 0.4) is 0 Å². The van der Waals surface area contributed by atoms with Crippen molar-refractivity contribution in [2.24, 2.45) is 23.7 Å². The summed E-state index contributed by atoms with van der Waals surface area (Å²) in [4.78, 5) is 18.1. The Kier molecular flexibility index (Phi) is 10.3. The van der Waals surface area contributed by atoms with Crippen LogP contribution in [0.25, 0.3) is 0 Å². The standard InChI is InChI=1S/C32H47N5O4/c1-22-17-37(23(2)20-38)32(39)29-13-25(26-14-33-21-34-15-26)16-35-31(29)41-30(22)19-36(3)18-24-9-11-28(12-10-24)40-27-7-5-4-6-8-27/h4-12,22-23,25-26,29-31,33-35,38H,13-21H2,1-3H3/t22-,23+,25?,29?,30+,31?/m1/s1. The van der Waals surface area contributed by atoms with Gasteiger partial charge in [-0.15, -0.1) is 0 Å². The number of piperidine rings is 1. The molecular weight excluding hydrogens is 518 g/mol. The van der Waals surface area contributed by atoms with Gasteiger partial charge in [-0.3, -0.25) is 15.0 Å². The number of aliphatic hydroxyl groups is 1. The molecule has 2 aromatic carbocycles. The zero-order valence-corrected chi connectivity index (χ0v) is 24.7. The maximum atomic E-state index is 13.9. The number of amides is 1. The van der Waals surface area contributed by atoms with Crippen molar-refractivity contribution in [3.8, 4) is 11.5 Å².